The molecule has 0 amide bonds. The topological polar surface area (TPSA) is 28.2 Å². The fraction of sp³-hybridized carbons (Fsp3) is 0. The van der Waals surface area contributed by atoms with Crippen LogP contribution >= 0.6 is 17.0 Å². The summed E-state index contributed by atoms with van der Waals surface area (Å²) in [4.78, 5) is 7.44. The van der Waals surface area contributed by atoms with Gasteiger partial charge in [-0.1, -0.05) is 24.3 Å². The Morgan fingerprint density at radius 3 is 1.00 bits per heavy atom. The molecule has 0 aliphatic heterocycles. The van der Waals surface area contributed by atoms with Gasteiger partial charge in [-0.2, -0.15) is 24.8 Å². The zero-order valence-corrected chi connectivity index (χ0v) is 10.7. The molecule has 0 radical (unpaired) electrons. The second-order valence-corrected chi connectivity index (χ2v) is 5.47. The minimum absolute atomic E-state index is 0.826. The van der Waals surface area contributed by atoms with E-state index in [4.69, 9.17) is 17.0 Å². The van der Waals surface area contributed by atoms with Crippen LogP contribution in [0.4, 0.5) is 0 Å². The van der Waals surface area contributed by atoms with Crippen molar-refractivity contribution in [3.8, 4) is 0 Å². The molecule has 0 unspecified atom stereocenters. The first-order valence-electron chi connectivity index (χ1n) is 3.41. The molecule has 2 aromatic heterocycles. The summed E-state index contributed by atoms with van der Waals surface area (Å²) in [5.41, 5.74) is 0. The van der Waals surface area contributed by atoms with Gasteiger partial charge >= 0.3 is 37.9 Å². The molecule has 0 saturated heterocycles. The summed E-state index contributed by atoms with van der Waals surface area (Å²) < 4.78 is 0. The van der Waals surface area contributed by atoms with Gasteiger partial charge in [-0.15, -0.1) is 0 Å². The molecule has 0 aliphatic rings. The van der Waals surface area contributed by atoms with Crippen LogP contribution in [-0.2, 0) is 20.8 Å². The van der Waals surface area contributed by atoms with Gasteiger partial charge in [0.1, 0.15) is 0 Å². The largest absolute Gasteiger partial charge is 0.670 e. The molecular weight excluding hydrogens is 286 g/mol. The molecule has 2 aromatic rings. The van der Waals surface area contributed by atoms with Crippen LogP contribution < -0.4 is 9.97 Å². The van der Waals surface area contributed by atoms with Crippen LogP contribution in [0.2, 0.25) is 0 Å². The van der Waals surface area contributed by atoms with Gasteiger partial charge in [0.15, 0.2) is 0 Å². The number of halogens is 2. The van der Waals surface area contributed by atoms with Gasteiger partial charge in [0.2, 0.25) is 0 Å². The standard InChI is InChI=1S/2C4H4N.2ClH.Zr/c2*1-2-4-5-3-1;;;/h2*1-4H;2*1H;/q2*-1;;;+4/p-2. The average Bonchev–Trinajstić information content (AvgIpc) is 2.85. The van der Waals surface area contributed by atoms with Gasteiger partial charge in [0.05, 0.1) is 0 Å². The minimum atomic E-state index is -0.826. The minimum Gasteiger partial charge on any atom is -0.670 e. The summed E-state index contributed by atoms with van der Waals surface area (Å²) in [6, 6.07) is 7.56. The van der Waals surface area contributed by atoms with Crippen molar-refractivity contribution in [1.82, 2.24) is 9.97 Å². The monoisotopic (exact) mass is 292 g/mol. The number of hydrogen-bond donors (Lipinski definition) is 0. The fourth-order valence-corrected chi connectivity index (χ4v) is 0.497. The molecule has 0 atom stereocenters. The van der Waals surface area contributed by atoms with Gasteiger partial charge in [-0.3, -0.25) is 0 Å². The van der Waals surface area contributed by atoms with Crippen molar-refractivity contribution in [2.45, 2.75) is 0 Å². The zero-order valence-electron chi connectivity index (χ0n) is 6.77. The molecule has 2 heterocycles. The molecule has 13 heavy (non-hydrogen) atoms. The molecule has 2 rings (SSSR count). The predicted octanol–water partition coefficient (Wildman–Crippen LogP) is 2.66. The molecule has 0 N–H and O–H groups in total. The van der Waals surface area contributed by atoms with E-state index in [1.807, 2.05) is 24.3 Å². The van der Waals surface area contributed by atoms with E-state index in [1.54, 1.807) is 24.8 Å². The third kappa shape index (κ3) is 12.0. The SMILES string of the molecule is [Cl][Zr+2][Cl].c1cc[n-]c1.c1cc[n-]c1. The Kier molecular flexibility index (Phi) is 12.0. The van der Waals surface area contributed by atoms with Gasteiger partial charge in [-0.05, 0) is 0 Å². The average molecular weight is 294 g/mol. The maximum Gasteiger partial charge on any atom is -0.0860 e. The molecular formula is C8H8Cl2N2Zr. The molecule has 0 aromatic carbocycles. The van der Waals surface area contributed by atoms with Crippen LogP contribution in [0.3, 0.4) is 0 Å². The quantitative estimate of drug-likeness (QED) is 0.747. The first-order valence-corrected chi connectivity index (χ1v) is 9.74. The van der Waals surface area contributed by atoms with E-state index in [0.29, 0.717) is 0 Å². The summed E-state index contributed by atoms with van der Waals surface area (Å²) in [6.07, 6.45) is 7.00. The maximum absolute atomic E-state index is 4.93. The molecule has 0 spiro atoms. The van der Waals surface area contributed by atoms with Gasteiger partial charge in [0.25, 0.3) is 0 Å². The Bertz CT molecular complexity index is 172. The molecule has 0 fully saturated rings. The second kappa shape index (κ2) is 12.0. The van der Waals surface area contributed by atoms with Crippen LogP contribution in [0.1, 0.15) is 0 Å². The van der Waals surface area contributed by atoms with Crippen molar-refractivity contribution in [2.75, 3.05) is 0 Å². The predicted molar refractivity (Wildman–Crippen MR) is 51.2 cm³/mol. The number of aromatic nitrogens is 2. The smallest absolute Gasteiger partial charge is 0.0860 e. The summed E-state index contributed by atoms with van der Waals surface area (Å²) in [5.74, 6) is 0. The van der Waals surface area contributed by atoms with E-state index in [1.165, 1.54) is 0 Å². The van der Waals surface area contributed by atoms with Crippen molar-refractivity contribution >= 4 is 17.0 Å². The van der Waals surface area contributed by atoms with Gasteiger partial charge < -0.3 is 9.97 Å². The molecule has 5 heteroatoms. The summed E-state index contributed by atoms with van der Waals surface area (Å²) in [7, 11) is 9.87. The van der Waals surface area contributed by atoms with Gasteiger partial charge in [0, 0.05) is 0 Å². The van der Waals surface area contributed by atoms with E-state index >= 15 is 0 Å². The van der Waals surface area contributed by atoms with Crippen LogP contribution in [0.25, 0.3) is 0 Å². The number of rotatable bonds is 0. The Labute approximate surface area is 96.3 Å². The van der Waals surface area contributed by atoms with Crippen LogP contribution in [-0.4, -0.2) is 0 Å². The van der Waals surface area contributed by atoms with E-state index in [2.05, 4.69) is 9.97 Å². The molecule has 0 saturated carbocycles. The number of nitrogens with zero attached hydrogens (tertiary/aromatic N) is 2. The summed E-state index contributed by atoms with van der Waals surface area (Å²) in [5, 5.41) is 0. The normalized spacial score (nSPS) is 6.92. The van der Waals surface area contributed by atoms with Crippen molar-refractivity contribution in [1.29, 1.82) is 0 Å². The maximum atomic E-state index is 4.93. The Morgan fingerprint density at radius 2 is 0.923 bits per heavy atom. The Morgan fingerprint density at radius 1 is 0.692 bits per heavy atom. The molecule has 0 aliphatic carbocycles. The van der Waals surface area contributed by atoms with Crippen molar-refractivity contribution in [3.63, 3.8) is 0 Å². The van der Waals surface area contributed by atoms with Crippen LogP contribution in [0.5, 0.6) is 0 Å². The molecule has 2 nitrogen and oxygen atoms in total. The van der Waals surface area contributed by atoms with E-state index < -0.39 is 20.8 Å². The van der Waals surface area contributed by atoms with Crippen molar-refractivity contribution in [2.24, 2.45) is 0 Å². The van der Waals surface area contributed by atoms with E-state index in [9.17, 15) is 0 Å². The third-order valence-electron chi connectivity index (χ3n) is 0.911. The first-order chi connectivity index (χ1) is 6.41. The summed E-state index contributed by atoms with van der Waals surface area (Å²) >= 11 is -0.826. The summed E-state index contributed by atoms with van der Waals surface area (Å²) in [6.45, 7) is 0. The second-order valence-electron chi connectivity index (χ2n) is 1.74. The van der Waals surface area contributed by atoms with Crippen molar-refractivity contribution in [3.05, 3.63) is 49.1 Å². The van der Waals surface area contributed by atoms with E-state index in [-0.39, 0.29) is 0 Å². The van der Waals surface area contributed by atoms with Gasteiger partial charge in [-0.25, -0.2) is 0 Å². The fourth-order valence-electron chi connectivity index (χ4n) is 0.497. The van der Waals surface area contributed by atoms with Crippen molar-refractivity contribution < 1.29 is 20.8 Å². The Hall–Kier alpha value is 0.0231. The molecule has 68 valence electrons. The Balaban J connectivity index is 0.000000174. The molecule has 0 bridgehead atoms. The van der Waals surface area contributed by atoms with E-state index in [0.717, 1.165) is 0 Å². The van der Waals surface area contributed by atoms with Crippen LogP contribution in [0.15, 0.2) is 49.1 Å². The number of hydrogen-bond acceptors (Lipinski definition) is 0. The van der Waals surface area contributed by atoms with Crippen LogP contribution in [0, 0.1) is 0 Å². The zero-order chi connectivity index (χ0) is 9.78. The third-order valence-corrected chi connectivity index (χ3v) is 0.911. The first kappa shape index (κ1) is 13.0.